The van der Waals surface area contributed by atoms with Gasteiger partial charge in [-0.15, -0.1) is 0 Å². The number of carbonyl (C=O) groups is 1. The van der Waals surface area contributed by atoms with Gasteiger partial charge in [0.05, 0.1) is 28.7 Å². The fraction of sp³-hybridized carbons (Fsp3) is 0.350. The first-order chi connectivity index (χ1) is 14.4. The number of nitrogens with one attached hydrogen (secondary N) is 1. The first-order valence-corrected chi connectivity index (χ1v) is 10.7. The van der Waals surface area contributed by atoms with Gasteiger partial charge in [-0.05, 0) is 55.3 Å². The van der Waals surface area contributed by atoms with Crippen molar-refractivity contribution in [2.45, 2.75) is 30.5 Å². The molecule has 1 fully saturated rings. The van der Waals surface area contributed by atoms with Crippen molar-refractivity contribution in [1.82, 2.24) is 4.31 Å². The van der Waals surface area contributed by atoms with Gasteiger partial charge in [-0.1, -0.05) is 0 Å². The molecule has 1 atom stereocenters. The highest BCUT2D eigenvalue weighted by Crippen LogP contribution is 2.34. The summed E-state index contributed by atoms with van der Waals surface area (Å²) in [7, 11) is -2.86. The molecule has 0 bridgehead atoms. The van der Waals surface area contributed by atoms with Crippen LogP contribution < -0.4 is 5.32 Å². The standard InChI is InChI=1S/C20H20F4N2O4S/c1-12-9-13(3-6-18(12)21)25-19(27)16-10-15(4-5-17(16)20(22,23)24)31(28,29)26(2)14-7-8-30-11-14/h3-6,9-10,14H,7-8,11H2,1-2H3,(H,25,27). The first-order valence-electron chi connectivity index (χ1n) is 9.26. The van der Waals surface area contributed by atoms with Crippen molar-refractivity contribution in [2.75, 3.05) is 25.6 Å². The number of likely N-dealkylation sites (N-methyl/N-ethyl adjacent to an activating group) is 1. The number of nitrogens with zero attached hydrogens (tertiary/aromatic N) is 1. The number of rotatable bonds is 5. The minimum atomic E-state index is -4.89. The summed E-state index contributed by atoms with van der Waals surface area (Å²) >= 11 is 0. The molecule has 6 nitrogen and oxygen atoms in total. The molecule has 2 aromatic carbocycles. The third-order valence-corrected chi connectivity index (χ3v) is 6.96. The van der Waals surface area contributed by atoms with Gasteiger partial charge in [0.25, 0.3) is 5.91 Å². The van der Waals surface area contributed by atoms with Gasteiger partial charge in [0.2, 0.25) is 10.0 Å². The van der Waals surface area contributed by atoms with E-state index >= 15 is 0 Å². The van der Waals surface area contributed by atoms with E-state index in [0.717, 1.165) is 16.4 Å². The van der Waals surface area contributed by atoms with Crippen LogP contribution in [0.15, 0.2) is 41.3 Å². The van der Waals surface area contributed by atoms with Gasteiger partial charge in [0.15, 0.2) is 0 Å². The van der Waals surface area contributed by atoms with Gasteiger partial charge >= 0.3 is 6.18 Å². The number of alkyl halides is 3. The molecular formula is C20H20F4N2O4S. The van der Waals surface area contributed by atoms with Crippen molar-refractivity contribution in [1.29, 1.82) is 0 Å². The Kier molecular flexibility index (Phi) is 6.40. The van der Waals surface area contributed by atoms with Gasteiger partial charge in [-0.2, -0.15) is 17.5 Å². The summed E-state index contributed by atoms with van der Waals surface area (Å²) in [6.07, 6.45) is -4.44. The number of halogens is 4. The Balaban J connectivity index is 2.00. The third-order valence-electron chi connectivity index (χ3n) is 5.05. The summed E-state index contributed by atoms with van der Waals surface area (Å²) in [5.41, 5.74) is -1.88. The minimum Gasteiger partial charge on any atom is -0.380 e. The molecule has 0 aliphatic carbocycles. The predicted molar refractivity (Wildman–Crippen MR) is 105 cm³/mol. The van der Waals surface area contributed by atoms with E-state index in [1.165, 1.54) is 26.1 Å². The number of carbonyl (C=O) groups excluding carboxylic acids is 1. The third kappa shape index (κ3) is 4.89. The van der Waals surface area contributed by atoms with Crippen molar-refractivity contribution in [3.8, 4) is 0 Å². The lowest BCUT2D eigenvalue weighted by atomic mass is 10.1. The van der Waals surface area contributed by atoms with Gasteiger partial charge in [0, 0.05) is 19.3 Å². The summed E-state index contributed by atoms with van der Waals surface area (Å²) in [6, 6.07) is 5.16. The second-order valence-corrected chi connectivity index (χ2v) is 9.16. The molecule has 1 unspecified atom stereocenters. The number of amides is 1. The maximum atomic E-state index is 13.5. The molecule has 168 valence electrons. The molecule has 1 aliphatic rings. The molecule has 1 heterocycles. The number of anilines is 1. The van der Waals surface area contributed by atoms with Crippen molar-refractivity contribution >= 4 is 21.6 Å². The Morgan fingerprint density at radius 1 is 1.19 bits per heavy atom. The van der Waals surface area contributed by atoms with Crippen LogP contribution in [0.5, 0.6) is 0 Å². The zero-order chi connectivity index (χ0) is 23.0. The van der Waals surface area contributed by atoms with Gasteiger partial charge in [-0.3, -0.25) is 4.79 Å². The quantitative estimate of drug-likeness (QED) is 0.689. The summed E-state index contributed by atoms with van der Waals surface area (Å²) in [6.45, 7) is 1.98. The fourth-order valence-corrected chi connectivity index (χ4v) is 4.61. The second kappa shape index (κ2) is 8.56. The predicted octanol–water partition coefficient (Wildman–Crippen LogP) is 3.81. The van der Waals surface area contributed by atoms with E-state index in [1.807, 2.05) is 0 Å². The highest BCUT2D eigenvalue weighted by atomic mass is 32.2. The van der Waals surface area contributed by atoms with Crippen LogP contribution in [-0.2, 0) is 20.9 Å². The summed E-state index contributed by atoms with van der Waals surface area (Å²) < 4.78 is 85.9. The Hall–Kier alpha value is -2.50. The molecule has 1 aliphatic heterocycles. The Morgan fingerprint density at radius 2 is 1.90 bits per heavy atom. The van der Waals surface area contributed by atoms with Crippen LogP contribution in [0.25, 0.3) is 0 Å². The molecule has 2 aromatic rings. The number of aryl methyl sites for hydroxylation is 1. The first kappa shape index (κ1) is 23.2. The maximum Gasteiger partial charge on any atom is 0.417 e. The van der Waals surface area contributed by atoms with Gasteiger partial charge < -0.3 is 10.1 Å². The molecule has 0 aromatic heterocycles. The van der Waals surface area contributed by atoms with Crippen LogP contribution in [0.3, 0.4) is 0 Å². The molecule has 31 heavy (non-hydrogen) atoms. The van der Waals surface area contributed by atoms with Gasteiger partial charge in [-0.25, -0.2) is 12.8 Å². The maximum absolute atomic E-state index is 13.5. The molecule has 1 saturated heterocycles. The smallest absolute Gasteiger partial charge is 0.380 e. The molecule has 1 amide bonds. The molecule has 11 heteroatoms. The molecule has 1 N–H and O–H groups in total. The average molecular weight is 460 g/mol. The number of hydrogen-bond donors (Lipinski definition) is 1. The van der Waals surface area contributed by atoms with E-state index in [1.54, 1.807) is 0 Å². The Labute approximate surface area is 176 Å². The second-order valence-electron chi connectivity index (χ2n) is 7.16. The highest BCUT2D eigenvalue weighted by Gasteiger charge is 2.37. The highest BCUT2D eigenvalue weighted by molar-refractivity contribution is 7.89. The van der Waals surface area contributed by atoms with E-state index in [4.69, 9.17) is 4.74 Å². The summed E-state index contributed by atoms with van der Waals surface area (Å²) in [5, 5.41) is 2.27. The monoisotopic (exact) mass is 460 g/mol. The van der Waals surface area contributed by atoms with Crippen LogP contribution in [-0.4, -0.2) is 44.9 Å². The van der Waals surface area contributed by atoms with Crippen molar-refractivity contribution < 1.29 is 35.5 Å². The number of ether oxygens (including phenoxy) is 1. The summed E-state index contributed by atoms with van der Waals surface area (Å²) in [5.74, 6) is -1.71. The SMILES string of the molecule is Cc1cc(NC(=O)c2cc(S(=O)(=O)N(C)C3CCOC3)ccc2C(F)(F)F)ccc1F. The van der Waals surface area contributed by atoms with Crippen LogP contribution in [0.4, 0.5) is 23.2 Å². The van der Waals surface area contributed by atoms with E-state index in [0.29, 0.717) is 25.2 Å². The minimum absolute atomic E-state index is 0.0745. The number of hydrogen-bond acceptors (Lipinski definition) is 4. The molecule has 0 spiro atoms. The molecule has 0 radical (unpaired) electrons. The largest absolute Gasteiger partial charge is 0.417 e. The topological polar surface area (TPSA) is 75.7 Å². The van der Waals surface area contributed by atoms with Crippen molar-refractivity contribution in [3.05, 3.63) is 58.9 Å². The average Bonchev–Trinajstić information content (AvgIpc) is 3.23. The molecular weight excluding hydrogens is 440 g/mol. The lowest BCUT2D eigenvalue weighted by Gasteiger charge is -2.23. The lowest BCUT2D eigenvalue weighted by Crippen LogP contribution is -2.37. The van der Waals surface area contributed by atoms with Crippen molar-refractivity contribution in [3.63, 3.8) is 0 Å². The Bertz CT molecular complexity index is 1100. The molecule has 3 rings (SSSR count). The van der Waals surface area contributed by atoms with Crippen LogP contribution in [0, 0.1) is 12.7 Å². The van der Waals surface area contributed by atoms with Crippen molar-refractivity contribution in [2.24, 2.45) is 0 Å². The van der Waals surface area contributed by atoms with E-state index in [-0.39, 0.29) is 17.9 Å². The number of sulfonamides is 1. The zero-order valence-corrected chi connectivity index (χ0v) is 17.5. The van der Waals surface area contributed by atoms with E-state index in [9.17, 15) is 30.8 Å². The van der Waals surface area contributed by atoms with Crippen LogP contribution in [0.1, 0.15) is 27.9 Å². The number of benzene rings is 2. The Morgan fingerprint density at radius 3 is 2.48 bits per heavy atom. The van der Waals surface area contributed by atoms with Crippen LogP contribution in [0.2, 0.25) is 0 Å². The van der Waals surface area contributed by atoms with E-state index in [2.05, 4.69) is 5.32 Å². The molecule has 0 saturated carbocycles. The van der Waals surface area contributed by atoms with Gasteiger partial charge in [0.1, 0.15) is 5.82 Å². The lowest BCUT2D eigenvalue weighted by molar-refractivity contribution is -0.137. The summed E-state index contributed by atoms with van der Waals surface area (Å²) in [4.78, 5) is 12.2. The van der Waals surface area contributed by atoms with Crippen LogP contribution >= 0.6 is 0 Å². The zero-order valence-electron chi connectivity index (χ0n) is 16.7. The fourth-order valence-electron chi connectivity index (χ4n) is 3.21. The van der Waals surface area contributed by atoms with E-state index < -0.39 is 50.0 Å². The normalized spacial score (nSPS) is 17.2.